The lowest BCUT2D eigenvalue weighted by molar-refractivity contribution is 0.383. The van der Waals surface area contributed by atoms with Crippen LogP contribution in [0.15, 0.2) is 47.4 Å². The van der Waals surface area contributed by atoms with Crippen LogP contribution in [0, 0.1) is 5.82 Å². The molecular formula is C16H17ClFNOS. The molecule has 2 N–H and O–H groups in total. The van der Waals surface area contributed by atoms with Gasteiger partial charge in [-0.3, -0.25) is 0 Å². The van der Waals surface area contributed by atoms with Gasteiger partial charge in [0.2, 0.25) is 0 Å². The minimum Gasteiger partial charge on any atom is -0.494 e. The summed E-state index contributed by atoms with van der Waals surface area (Å²) < 4.78 is 19.0. The maximum atomic E-state index is 14.1. The van der Waals surface area contributed by atoms with Crippen LogP contribution in [0.3, 0.4) is 0 Å². The molecule has 0 saturated carbocycles. The van der Waals surface area contributed by atoms with Gasteiger partial charge in [0.05, 0.1) is 12.1 Å². The average molecular weight is 326 g/mol. The summed E-state index contributed by atoms with van der Waals surface area (Å²) in [7, 11) is 1.45. The van der Waals surface area contributed by atoms with Crippen molar-refractivity contribution in [2.75, 3.05) is 12.9 Å². The molecule has 0 aromatic heterocycles. The predicted molar refractivity (Wildman–Crippen MR) is 86.8 cm³/mol. The fourth-order valence-electron chi connectivity index (χ4n) is 1.97. The molecule has 0 bridgehead atoms. The minimum atomic E-state index is -0.335. The summed E-state index contributed by atoms with van der Waals surface area (Å²) in [5.41, 5.74) is 6.66. The normalized spacial score (nSPS) is 12.2. The number of nitrogens with two attached hydrogens (primary N) is 1. The molecule has 0 aliphatic rings. The number of halogens is 2. The Morgan fingerprint density at radius 2 is 2.00 bits per heavy atom. The highest BCUT2D eigenvalue weighted by Crippen LogP contribution is 2.27. The smallest absolute Gasteiger partial charge is 0.168 e. The van der Waals surface area contributed by atoms with Gasteiger partial charge in [-0.25, -0.2) is 4.39 Å². The second-order valence-electron chi connectivity index (χ2n) is 4.64. The lowest BCUT2D eigenvalue weighted by Crippen LogP contribution is -2.26. The average Bonchev–Trinajstić information content (AvgIpc) is 2.48. The van der Waals surface area contributed by atoms with Crippen LogP contribution in [-0.2, 0) is 6.42 Å². The van der Waals surface area contributed by atoms with Crippen molar-refractivity contribution in [2.24, 2.45) is 5.73 Å². The van der Waals surface area contributed by atoms with Crippen LogP contribution in [0.4, 0.5) is 4.39 Å². The molecule has 1 atom stereocenters. The molecule has 0 aliphatic carbocycles. The van der Waals surface area contributed by atoms with Crippen LogP contribution in [0.25, 0.3) is 0 Å². The first-order valence-electron chi connectivity index (χ1n) is 6.56. The molecule has 0 radical (unpaired) electrons. The van der Waals surface area contributed by atoms with E-state index in [0.29, 0.717) is 22.8 Å². The molecule has 0 saturated heterocycles. The summed E-state index contributed by atoms with van der Waals surface area (Å²) in [6.45, 7) is 0. The number of ether oxygens (including phenoxy) is 1. The lowest BCUT2D eigenvalue weighted by atomic mass is 10.1. The molecule has 0 heterocycles. The molecule has 0 fully saturated rings. The third-order valence-electron chi connectivity index (χ3n) is 3.03. The summed E-state index contributed by atoms with van der Waals surface area (Å²) in [5.74, 6) is 0.581. The third-order valence-corrected chi connectivity index (χ3v) is 4.74. The van der Waals surface area contributed by atoms with Gasteiger partial charge in [-0.05, 0) is 30.2 Å². The molecule has 0 spiro atoms. The summed E-state index contributed by atoms with van der Waals surface area (Å²) in [6, 6.07) is 12.6. The van der Waals surface area contributed by atoms with Gasteiger partial charge in [0.1, 0.15) is 0 Å². The van der Waals surface area contributed by atoms with Gasteiger partial charge in [-0.15, -0.1) is 11.8 Å². The standard InChI is InChI=1S/C16H17ClFNOS/c1-20-14-7-4-5-11(16(14)18)9-12(19)10-21-15-8-3-2-6-13(15)17/h2-8,12H,9-10,19H2,1H3. The molecular weight excluding hydrogens is 309 g/mol. The Kier molecular flexibility index (Phi) is 5.91. The number of hydrogen-bond donors (Lipinski definition) is 1. The van der Waals surface area contributed by atoms with Crippen molar-refractivity contribution in [1.29, 1.82) is 0 Å². The van der Waals surface area contributed by atoms with Crippen molar-refractivity contribution < 1.29 is 9.13 Å². The van der Waals surface area contributed by atoms with Gasteiger partial charge in [0.25, 0.3) is 0 Å². The Morgan fingerprint density at radius 1 is 1.24 bits per heavy atom. The zero-order valence-corrected chi connectivity index (χ0v) is 13.3. The highest BCUT2D eigenvalue weighted by atomic mass is 35.5. The molecule has 112 valence electrons. The second-order valence-corrected chi connectivity index (χ2v) is 6.11. The molecule has 21 heavy (non-hydrogen) atoms. The van der Waals surface area contributed by atoms with Gasteiger partial charge < -0.3 is 10.5 Å². The predicted octanol–water partition coefficient (Wildman–Crippen LogP) is 4.15. The summed E-state index contributed by atoms with van der Waals surface area (Å²) in [6.07, 6.45) is 0.459. The maximum absolute atomic E-state index is 14.1. The molecule has 2 aromatic rings. The molecule has 0 aliphatic heterocycles. The second kappa shape index (κ2) is 7.69. The van der Waals surface area contributed by atoms with Gasteiger partial charge in [-0.1, -0.05) is 35.9 Å². The Labute approximate surface area is 133 Å². The van der Waals surface area contributed by atoms with E-state index in [0.717, 1.165) is 4.90 Å². The van der Waals surface area contributed by atoms with Crippen molar-refractivity contribution in [2.45, 2.75) is 17.4 Å². The van der Waals surface area contributed by atoms with E-state index in [9.17, 15) is 4.39 Å². The van der Waals surface area contributed by atoms with Gasteiger partial charge in [0, 0.05) is 16.7 Å². The van der Waals surface area contributed by atoms with E-state index in [1.807, 2.05) is 24.3 Å². The molecule has 5 heteroatoms. The number of methoxy groups -OCH3 is 1. The molecule has 2 rings (SSSR count). The number of thioether (sulfide) groups is 1. The van der Waals surface area contributed by atoms with Gasteiger partial charge in [0.15, 0.2) is 11.6 Å². The Hall–Kier alpha value is -1.23. The zero-order valence-electron chi connectivity index (χ0n) is 11.7. The molecule has 0 amide bonds. The van der Waals surface area contributed by atoms with Crippen molar-refractivity contribution in [3.05, 3.63) is 58.9 Å². The van der Waals surface area contributed by atoms with E-state index in [2.05, 4.69) is 0 Å². The topological polar surface area (TPSA) is 35.2 Å². The van der Waals surface area contributed by atoms with Crippen LogP contribution < -0.4 is 10.5 Å². The molecule has 1 unspecified atom stereocenters. The van der Waals surface area contributed by atoms with Crippen molar-refractivity contribution >= 4 is 23.4 Å². The maximum Gasteiger partial charge on any atom is 0.168 e. The minimum absolute atomic E-state index is 0.159. The highest BCUT2D eigenvalue weighted by molar-refractivity contribution is 7.99. The first-order chi connectivity index (χ1) is 10.1. The summed E-state index contributed by atoms with van der Waals surface area (Å²) in [4.78, 5) is 0.987. The SMILES string of the molecule is COc1cccc(CC(N)CSc2ccccc2Cl)c1F. The van der Waals surface area contributed by atoms with Crippen molar-refractivity contribution in [1.82, 2.24) is 0 Å². The number of rotatable bonds is 6. The van der Waals surface area contributed by atoms with E-state index >= 15 is 0 Å². The number of hydrogen-bond acceptors (Lipinski definition) is 3. The van der Waals surface area contributed by atoms with Crippen LogP contribution >= 0.6 is 23.4 Å². The fourth-order valence-corrected chi connectivity index (χ4v) is 3.16. The van der Waals surface area contributed by atoms with Crippen LogP contribution in [0.5, 0.6) is 5.75 Å². The van der Waals surface area contributed by atoms with Crippen LogP contribution in [0.2, 0.25) is 5.02 Å². The summed E-state index contributed by atoms with van der Waals surface area (Å²) in [5, 5.41) is 0.710. The van der Waals surface area contributed by atoms with Gasteiger partial charge in [-0.2, -0.15) is 0 Å². The third kappa shape index (κ3) is 4.37. The largest absolute Gasteiger partial charge is 0.494 e. The van der Waals surface area contributed by atoms with E-state index < -0.39 is 0 Å². The van der Waals surface area contributed by atoms with Crippen LogP contribution in [-0.4, -0.2) is 18.9 Å². The van der Waals surface area contributed by atoms with Gasteiger partial charge >= 0.3 is 0 Å². The Bertz CT molecular complexity index is 609. The van der Waals surface area contributed by atoms with Crippen LogP contribution in [0.1, 0.15) is 5.56 Å². The first-order valence-corrected chi connectivity index (χ1v) is 7.92. The van der Waals surface area contributed by atoms with E-state index in [-0.39, 0.29) is 17.6 Å². The molecule has 2 aromatic carbocycles. The van der Waals surface area contributed by atoms with Crippen molar-refractivity contribution in [3.8, 4) is 5.75 Å². The Morgan fingerprint density at radius 3 is 2.71 bits per heavy atom. The monoisotopic (exact) mass is 325 g/mol. The Balaban J connectivity index is 1.96. The molecule has 2 nitrogen and oxygen atoms in total. The zero-order chi connectivity index (χ0) is 15.2. The van der Waals surface area contributed by atoms with E-state index in [1.54, 1.807) is 30.0 Å². The van der Waals surface area contributed by atoms with E-state index in [1.165, 1.54) is 7.11 Å². The van der Waals surface area contributed by atoms with E-state index in [4.69, 9.17) is 22.1 Å². The quantitative estimate of drug-likeness (QED) is 0.810. The fraction of sp³-hybridized carbons (Fsp3) is 0.250. The lowest BCUT2D eigenvalue weighted by Gasteiger charge is -2.13. The first kappa shape index (κ1) is 16.1. The summed E-state index contributed by atoms with van der Waals surface area (Å²) >= 11 is 7.67. The number of benzene rings is 2. The highest BCUT2D eigenvalue weighted by Gasteiger charge is 2.13. The van der Waals surface area contributed by atoms with Crippen molar-refractivity contribution in [3.63, 3.8) is 0 Å².